The summed E-state index contributed by atoms with van der Waals surface area (Å²) < 4.78 is 0. The number of aromatic nitrogens is 1. The molecule has 1 aromatic carbocycles. The van der Waals surface area contributed by atoms with Crippen molar-refractivity contribution >= 4 is 11.5 Å². The Labute approximate surface area is 136 Å². The van der Waals surface area contributed by atoms with Crippen LogP contribution in [-0.2, 0) is 5.60 Å². The van der Waals surface area contributed by atoms with Gasteiger partial charge in [0.15, 0.2) is 5.60 Å². The van der Waals surface area contributed by atoms with E-state index in [0.29, 0.717) is 18.1 Å². The standard InChI is InChI=1S/C18H22N4O/c1-22(2)15-9-7-14(8-10-15)18(23,16-6-3-4-11-19-16)17-20-12-5-13-21-17/h3-4,6-11,23H,5,12-13H2,1-2H3,(H,20,21). The molecule has 23 heavy (non-hydrogen) atoms. The maximum absolute atomic E-state index is 11.5. The summed E-state index contributed by atoms with van der Waals surface area (Å²) in [6.45, 7) is 1.52. The van der Waals surface area contributed by atoms with Gasteiger partial charge in [0.05, 0.1) is 5.69 Å². The second-order valence-electron chi connectivity index (χ2n) is 5.88. The monoisotopic (exact) mass is 310 g/mol. The molecule has 0 radical (unpaired) electrons. The van der Waals surface area contributed by atoms with Crippen LogP contribution in [0.25, 0.3) is 0 Å². The molecule has 0 saturated carbocycles. The first-order chi connectivity index (χ1) is 11.1. The summed E-state index contributed by atoms with van der Waals surface area (Å²) in [6.07, 6.45) is 2.67. The first-order valence-corrected chi connectivity index (χ1v) is 7.83. The number of nitrogens with zero attached hydrogens (tertiary/aromatic N) is 3. The maximum Gasteiger partial charge on any atom is 0.189 e. The van der Waals surface area contributed by atoms with E-state index >= 15 is 0 Å². The Hall–Kier alpha value is -2.40. The lowest BCUT2D eigenvalue weighted by Gasteiger charge is -2.32. The van der Waals surface area contributed by atoms with Crippen LogP contribution in [-0.4, -0.2) is 43.1 Å². The third-order valence-corrected chi connectivity index (χ3v) is 4.08. The van der Waals surface area contributed by atoms with Crippen LogP contribution in [0.15, 0.2) is 53.7 Å². The van der Waals surface area contributed by atoms with E-state index in [0.717, 1.165) is 24.2 Å². The number of aliphatic imine (C=N–C) groups is 1. The molecule has 1 atom stereocenters. The quantitative estimate of drug-likeness (QED) is 0.903. The molecule has 3 rings (SSSR count). The molecule has 5 nitrogen and oxygen atoms in total. The van der Waals surface area contributed by atoms with Crippen LogP contribution in [0.1, 0.15) is 17.7 Å². The minimum atomic E-state index is -1.35. The van der Waals surface area contributed by atoms with Crippen LogP contribution in [0.2, 0.25) is 0 Å². The second-order valence-corrected chi connectivity index (χ2v) is 5.88. The molecule has 2 N–H and O–H groups in total. The number of hydrogen-bond acceptors (Lipinski definition) is 5. The van der Waals surface area contributed by atoms with E-state index in [4.69, 9.17) is 0 Å². The topological polar surface area (TPSA) is 60.8 Å². The fourth-order valence-corrected chi connectivity index (χ4v) is 2.76. The highest BCUT2D eigenvalue weighted by molar-refractivity contribution is 5.94. The lowest BCUT2D eigenvalue weighted by molar-refractivity contribution is 0.145. The third kappa shape index (κ3) is 2.92. The number of benzene rings is 1. The smallest absolute Gasteiger partial charge is 0.189 e. The predicted octanol–water partition coefficient (Wildman–Crippen LogP) is 1.78. The molecule has 0 spiro atoms. The molecule has 0 aliphatic carbocycles. The van der Waals surface area contributed by atoms with E-state index in [1.165, 1.54) is 0 Å². The number of rotatable bonds is 4. The van der Waals surface area contributed by atoms with E-state index in [-0.39, 0.29) is 0 Å². The van der Waals surface area contributed by atoms with Gasteiger partial charge in [-0.3, -0.25) is 9.98 Å². The number of pyridine rings is 1. The van der Waals surface area contributed by atoms with Gasteiger partial charge < -0.3 is 15.3 Å². The fraction of sp³-hybridized carbons (Fsp3) is 0.333. The summed E-state index contributed by atoms with van der Waals surface area (Å²) in [7, 11) is 3.99. The summed E-state index contributed by atoms with van der Waals surface area (Å²) in [5.74, 6) is 0.569. The largest absolute Gasteiger partial charge is 0.378 e. The Morgan fingerprint density at radius 2 is 1.91 bits per heavy atom. The van der Waals surface area contributed by atoms with Crippen LogP contribution in [0.3, 0.4) is 0 Å². The highest BCUT2D eigenvalue weighted by Gasteiger charge is 2.39. The van der Waals surface area contributed by atoms with E-state index in [1.54, 1.807) is 6.20 Å². The summed E-state index contributed by atoms with van der Waals surface area (Å²) in [5, 5.41) is 14.8. The minimum absolute atomic E-state index is 0.569. The van der Waals surface area contributed by atoms with Crippen molar-refractivity contribution in [1.29, 1.82) is 0 Å². The molecule has 1 unspecified atom stereocenters. The van der Waals surface area contributed by atoms with Crippen LogP contribution in [0.5, 0.6) is 0 Å². The van der Waals surface area contributed by atoms with Crippen molar-refractivity contribution in [2.75, 3.05) is 32.1 Å². The Bertz CT molecular complexity index is 682. The Balaban J connectivity index is 2.10. The van der Waals surface area contributed by atoms with E-state index in [9.17, 15) is 5.11 Å². The molecule has 120 valence electrons. The van der Waals surface area contributed by atoms with Crippen LogP contribution < -0.4 is 10.2 Å². The van der Waals surface area contributed by atoms with Crippen molar-refractivity contribution in [2.24, 2.45) is 4.99 Å². The molecule has 0 fully saturated rings. The molecule has 0 amide bonds. The van der Waals surface area contributed by atoms with Crippen LogP contribution in [0.4, 0.5) is 5.69 Å². The molecule has 1 aliphatic heterocycles. The van der Waals surface area contributed by atoms with E-state index in [1.807, 2.05) is 61.5 Å². The maximum atomic E-state index is 11.5. The van der Waals surface area contributed by atoms with Gasteiger partial charge in [0.1, 0.15) is 5.84 Å². The van der Waals surface area contributed by atoms with Crippen molar-refractivity contribution in [3.05, 3.63) is 59.9 Å². The van der Waals surface area contributed by atoms with Gasteiger partial charge >= 0.3 is 0 Å². The Morgan fingerprint density at radius 3 is 2.48 bits per heavy atom. The average molecular weight is 310 g/mol. The lowest BCUT2D eigenvalue weighted by Crippen LogP contribution is -2.48. The number of anilines is 1. The summed E-state index contributed by atoms with van der Waals surface area (Å²) in [6, 6.07) is 13.4. The predicted molar refractivity (Wildman–Crippen MR) is 92.9 cm³/mol. The summed E-state index contributed by atoms with van der Waals surface area (Å²) >= 11 is 0. The van der Waals surface area contributed by atoms with Gasteiger partial charge in [-0.1, -0.05) is 18.2 Å². The molecule has 2 aromatic rings. The second kappa shape index (κ2) is 6.38. The van der Waals surface area contributed by atoms with Crippen LogP contribution >= 0.6 is 0 Å². The highest BCUT2D eigenvalue weighted by Crippen LogP contribution is 2.31. The molecular weight excluding hydrogens is 288 g/mol. The van der Waals surface area contributed by atoms with Crippen molar-refractivity contribution in [3.63, 3.8) is 0 Å². The van der Waals surface area contributed by atoms with Crippen molar-refractivity contribution in [1.82, 2.24) is 10.3 Å². The van der Waals surface area contributed by atoms with Gasteiger partial charge in [-0.05, 0) is 36.2 Å². The first-order valence-electron chi connectivity index (χ1n) is 7.83. The SMILES string of the molecule is CN(C)c1ccc(C(O)(C2=NCCCN2)c2ccccn2)cc1. The number of hydrogen-bond donors (Lipinski definition) is 2. The highest BCUT2D eigenvalue weighted by atomic mass is 16.3. The van der Waals surface area contributed by atoms with E-state index in [2.05, 4.69) is 15.3 Å². The van der Waals surface area contributed by atoms with Crippen molar-refractivity contribution < 1.29 is 5.11 Å². The number of nitrogens with one attached hydrogen (secondary N) is 1. The third-order valence-electron chi connectivity index (χ3n) is 4.08. The molecule has 0 bridgehead atoms. The van der Waals surface area contributed by atoms with Gasteiger partial charge in [0.25, 0.3) is 0 Å². The van der Waals surface area contributed by atoms with E-state index < -0.39 is 5.60 Å². The minimum Gasteiger partial charge on any atom is -0.378 e. The zero-order valence-corrected chi connectivity index (χ0v) is 13.5. The van der Waals surface area contributed by atoms with Gasteiger partial charge in [-0.25, -0.2) is 0 Å². The van der Waals surface area contributed by atoms with Crippen LogP contribution in [0, 0.1) is 0 Å². The van der Waals surface area contributed by atoms with Gasteiger partial charge in [0, 0.05) is 39.1 Å². The zero-order valence-electron chi connectivity index (χ0n) is 13.5. The first kappa shape index (κ1) is 15.5. The summed E-state index contributed by atoms with van der Waals surface area (Å²) in [4.78, 5) is 10.9. The summed E-state index contributed by atoms with van der Waals surface area (Å²) in [5.41, 5.74) is 1.06. The van der Waals surface area contributed by atoms with Gasteiger partial charge in [-0.2, -0.15) is 0 Å². The molecule has 2 heterocycles. The molecule has 5 heteroatoms. The Morgan fingerprint density at radius 1 is 1.13 bits per heavy atom. The van der Waals surface area contributed by atoms with Gasteiger partial charge in [0.2, 0.25) is 0 Å². The Kier molecular flexibility index (Phi) is 4.30. The molecule has 1 aromatic heterocycles. The normalized spacial score (nSPS) is 16.9. The fourth-order valence-electron chi connectivity index (χ4n) is 2.76. The molecular formula is C18H22N4O. The lowest BCUT2D eigenvalue weighted by atomic mass is 9.87. The number of aliphatic hydroxyl groups is 1. The zero-order chi connectivity index (χ0) is 16.3. The van der Waals surface area contributed by atoms with Gasteiger partial charge in [-0.15, -0.1) is 0 Å². The molecule has 1 aliphatic rings. The average Bonchev–Trinajstić information content (AvgIpc) is 2.62. The van der Waals surface area contributed by atoms with Crippen molar-refractivity contribution in [2.45, 2.75) is 12.0 Å². The number of amidine groups is 1. The molecule has 0 saturated heterocycles. The van der Waals surface area contributed by atoms with Crippen molar-refractivity contribution in [3.8, 4) is 0 Å².